The van der Waals surface area contributed by atoms with Crippen LogP contribution in [-0.4, -0.2) is 25.0 Å². The third-order valence-corrected chi connectivity index (χ3v) is 27.9. The van der Waals surface area contributed by atoms with Gasteiger partial charge < -0.3 is 13.3 Å². The van der Waals surface area contributed by atoms with Crippen LogP contribution >= 0.6 is 0 Å². The fourth-order valence-corrected chi connectivity index (χ4v) is 22.8. The van der Waals surface area contributed by atoms with Gasteiger partial charge in [0, 0.05) is 15.7 Å². The zero-order valence-corrected chi connectivity index (χ0v) is 43.4. The number of hydrogen-bond acceptors (Lipinski definition) is 3. The van der Waals surface area contributed by atoms with Crippen molar-refractivity contribution in [1.82, 2.24) is 0 Å². The Morgan fingerprint density at radius 2 is 0.470 bits per heavy atom. The first-order valence-electron chi connectivity index (χ1n) is 23.0. The van der Waals surface area contributed by atoms with Gasteiger partial charge in [-0.05, 0) is 61.9 Å². The normalized spacial score (nSPS) is 13.7. The van der Waals surface area contributed by atoms with Crippen LogP contribution in [0.15, 0.2) is 182 Å². The minimum absolute atomic E-state index is 0.263. The summed E-state index contributed by atoms with van der Waals surface area (Å²) in [5.74, 6) is 0. The van der Waals surface area contributed by atoms with Crippen molar-refractivity contribution in [2.24, 2.45) is 0 Å². The molecule has 0 N–H and O–H groups in total. The zero-order chi connectivity index (χ0) is 47.4. The van der Waals surface area contributed by atoms with Crippen LogP contribution in [0.4, 0.5) is 0 Å². The van der Waals surface area contributed by atoms with E-state index in [1.54, 1.807) is 0 Å². The molecule has 0 aromatic heterocycles. The molecule has 0 aliphatic rings. The van der Waals surface area contributed by atoms with E-state index in [2.05, 4.69) is 244 Å². The van der Waals surface area contributed by atoms with E-state index in [9.17, 15) is 0 Å². The maximum Gasteiger partial charge on any atom is 0.319 e. The van der Waals surface area contributed by atoms with Crippen molar-refractivity contribution in [2.45, 2.75) is 77.4 Å². The van der Waals surface area contributed by atoms with E-state index < -0.39 is 25.0 Å². The van der Waals surface area contributed by atoms with Gasteiger partial charge in [-0.3, -0.25) is 0 Å². The molecule has 7 rings (SSSR count). The molecule has 3 nitrogen and oxygen atoms in total. The summed E-state index contributed by atoms with van der Waals surface area (Å²) in [4.78, 5) is 0. The topological polar surface area (TPSA) is 27.7 Å². The predicted molar refractivity (Wildman–Crippen MR) is 290 cm³/mol. The highest BCUT2D eigenvalue weighted by Gasteiger charge is 2.53. The molecule has 6 heteroatoms. The Kier molecular flexibility index (Phi) is 13.7. The van der Waals surface area contributed by atoms with Crippen molar-refractivity contribution in [3.05, 3.63) is 213 Å². The Labute approximate surface area is 396 Å². The van der Waals surface area contributed by atoms with E-state index in [0.29, 0.717) is 0 Å². The molecule has 0 spiro atoms. The van der Waals surface area contributed by atoms with Gasteiger partial charge in [0.25, 0.3) is 0 Å². The third kappa shape index (κ3) is 8.66. The summed E-state index contributed by atoms with van der Waals surface area (Å²) in [5, 5.41) is 10.7. The molecule has 7 aromatic rings. The molecule has 7 aromatic carbocycles. The van der Waals surface area contributed by atoms with Crippen molar-refractivity contribution in [3.8, 4) is 0 Å². The first kappa shape index (κ1) is 47.8. The van der Waals surface area contributed by atoms with Crippen LogP contribution in [0.5, 0.6) is 0 Å². The largest absolute Gasteiger partial charge is 0.539 e. The van der Waals surface area contributed by atoms with Gasteiger partial charge in [0.2, 0.25) is 0 Å². The van der Waals surface area contributed by atoms with E-state index in [4.69, 9.17) is 33.0 Å². The van der Waals surface area contributed by atoms with Crippen LogP contribution in [0.3, 0.4) is 0 Å². The predicted octanol–water partition coefficient (Wildman–Crippen LogP) is 6.86. The van der Waals surface area contributed by atoms with Crippen molar-refractivity contribution >= 4 is 94.6 Å². The van der Waals surface area contributed by atoms with Crippen molar-refractivity contribution < 1.29 is 13.3 Å². The minimum atomic E-state index is -3.08. The second-order valence-electron chi connectivity index (χ2n) is 20.4. The van der Waals surface area contributed by atoms with Crippen LogP contribution in [0.25, 0.3) is 38.5 Å². The molecule has 0 heterocycles. The zero-order valence-electron chi connectivity index (χ0n) is 40.4. The van der Waals surface area contributed by atoms with Gasteiger partial charge in [-0.15, -0.1) is 0 Å². The van der Waals surface area contributed by atoms with Crippen molar-refractivity contribution in [1.29, 1.82) is 0 Å². The summed E-state index contributed by atoms with van der Waals surface area (Å²) in [6.45, 7) is 35.0. The quantitative estimate of drug-likeness (QED) is 0.126. The highest BCUT2D eigenvalue weighted by atomic mass is 28.4. The molecule has 66 heavy (non-hydrogen) atoms. The lowest BCUT2D eigenvalue weighted by atomic mass is 10.1. The Balaban J connectivity index is 1.59. The molecule has 0 amide bonds. The lowest BCUT2D eigenvalue weighted by Gasteiger charge is -2.42. The molecule has 0 saturated heterocycles. The molecule has 0 bridgehead atoms. The van der Waals surface area contributed by atoms with Crippen LogP contribution in [0.2, 0.25) is 15.1 Å². The highest BCUT2D eigenvalue weighted by Crippen LogP contribution is 2.39. The lowest BCUT2D eigenvalue weighted by Crippen LogP contribution is -2.69. The van der Waals surface area contributed by atoms with E-state index in [0.717, 1.165) is 31.3 Å². The van der Waals surface area contributed by atoms with Crippen LogP contribution in [-0.2, 0) is 13.3 Å². The van der Waals surface area contributed by atoms with Gasteiger partial charge in [0.05, 0.1) is 18.8 Å². The average Bonchev–Trinajstić information content (AvgIpc) is 3.31. The van der Waals surface area contributed by atoms with E-state index in [1.807, 2.05) is 18.8 Å². The Morgan fingerprint density at radius 1 is 0.288 bits per heavy atom. The molecule has 0 aliphatic heterocycles. The molecule has 336 valence electrons. The second kappa shape index (κ2) is 19.0. The van der Waals surface area contributed by atoms with Crippen LogP contribution < -0.4 is 62.4 Å². The van der Waals surface area contributed by atoms with Gasteiger partial charge in [-0.25, -0.2) is 0 Å². The summed E-state index contributed by atoms with van der Waals surface area (Å²) >= 11 is 0. The first-order valence-corrected chi connectivity index (χ1v) is 28.7. The molecule has 0 atom stereocenters. The Morgan fingerprint density at radius 3 is 0.682 bits per heavy atom. The van der Waals surface area contributed by atoms with Crippen molar-refractivity contribution in [3.63, 3.8) is 0 Å². The van der Waals surface area contributed by atoms with E-state index in [1.165, 1.54) is 31.1 Å². The molecule has 0 aliphatic carbocycles. The van der Waals surface area contributed by atoms with Gasteiger partial charge in [0.1, 0.15) is 0 Å². The van der Waals surface area contributed by atoms with Gasteiger partial charge in [-0.1, -0.05) is 264 Å². The average molecular weight is 919 g/mol. The minimum Gasteiger partial charge on any atom is -0.539 e. The standard InChI is InChI=1S/C60H66O3Si3/c1-46-47(2)56(44-62-65(59(7,8)9,51-35-23-15-24-36-51)52-37-25-16-26-38-52)57(45-63-66(60(10,11)12,53-39-27-17-28-40-53)54-41-29-18-30-42-54)48(3)55(46)43-61-64(58(4,5)6,49-31-19-13-20-32-49)50-33-21-14-22-34-50/h13-45H,1-3H2,4-12H3/b55-43+,56-44+,57-45-. The summed E-state index contributed by atoms with van der Waals surface area (Å²) in [6.07, 6.45) is 5.81. The van der Waals surface area contributed by atoms with Gasteiger partial charge in [0.15, 0.2) is 0 Å². The maximum atomic E-state index is 7.65. The smallest absolute Gasteiger partial charge is 0.319 e. The first-order chi connectivity index (χ1) is 31.4. The van der Waals surface area contributed by atoms with Crippen LogP contribution in [0, 0.1) is 0 Å². The van der Waals surface area contributed by atoms with Gasteiger partial charge in [-0.2, -0.15) is 0 Å². The summed E-state index contributed by atoms with van der Waals surface area (Å²) in [6, 6.07) is 64.2. The molecule has 0 unspecified atom stereocenters. The van der Waals surface area contributed by atoms with E-state index >= 15 is 0 Å². The maximum absolute atomic E-state index is 7.65. The summed E-state index contributed by atoms with van der Waals surface area (Å²) in [7, 11) is -9.15. The van der Waals surface area contributed by atoms with E-state index in [-0.39, 0.29) is 15.1 Å². The highest BCUT2D eigenvalue weighted by molar-refractivity contribution is 7.01. The van der Waals surface area contributed by atoms with Gasteiger partial charge >= 0.3 is 25.0 Å². The number of rotatable bonds is 12. The Hall–Kier alpha value is -6.19. The number of benzene rings is 7. The molecule has 0 radical (unpaired) electrons. The SMILES string of the molecule is C=c1c(=C)c(=C\O[Si](c2ccccc2)(c2ccccc2)C(C)(C)C)/c(=C\O[Si](c2ccccc2)(c2ccccc2)C(C)(C)C)c(=C)/c1=C/O[Si](c1ccccc1)(c1ccccc1)C(C)(C)C. The van der Waals surface area contributed by atoms with Crippen LogP contribution in [0.1, 0.15) is 62.3 Å². The molecular weight excluding hydrogens is 853 g/mol. The summed E-state index contributed by atoms with van der Waals surface area (Å²) in [5.41, 5.74) is 0. The monoisotopic (exact) mass is 918 g/mol. The number of hydrogen-bond donors (Lipinski definition) is 0. The molecule has 0 fully saturated rings. The molecule has 0 saturated carbocycles. The molecular formula is C60H66O3Si3. The lowest BCUT2D eigenvalue weighted by molar-refractivity contribution is 0.487. The fourth-order valence-electron chi connectivity index (χ4n) is 9.90. The second-order valence-corrected chi connectivity index (χ2v) is 33.1. The fraction of sp³-hybridized carbons (Fsp3) is 0.200. The third-order valence-electron chi connectivity index (χ3n) is 13.3. The summed E-state index contributed by atoms with van der Waals surface area (Å²) < 4.78 is 22.7. The Bertz CT molecular complexity index is 2970. The van der Waals surface area contributed by atoms with Crippen molar-refractivity contribution in [2.75, 3.05) is 0 Å².